The van der Waals surface area contributed by atoms with E-state index < -0.39 is 0 Å². The summed E-state index contributed by atoms with van der Waals surface area (Å²) in [4.78, 5) is 3.96. The van der Waals surface area contributed by atoms with E-state index in [1.54, 1.807) is 11.6 Å². The summed E-state index contributed by atoms with van der Waals surface area (Å²) < 4.78 is 1.74. The largest absolute Gasteiger partial charge is 0.302 e. The van der Waals surface area contributed by atoms with Crippen LogP contribution in [-0.4, -0.2) is 20.5 Å². The van der Waals surface area contributed by atoms with Crippen molar-refractivity contribution in [3.63, 3.8) is 0 Å². The van der Waals surface area contributed by atoms with Gasteiger partial charge in [-0.1, -0.05) is 0 Å². The fraction of sp³-hybridized carbons (Fsp3) is 0.571. The predicted octanol–water partition coefficient (Wildman–Crippen LogP) is 1.25. The first kappa shape index (κ1) is 7.91. The SMILES string of the molecule is CC(=N)c1ncnn1C(C)C. The number of hydrogen-bond acceptors (Lipinski definition) is 3. The first-order valence-corrected chi connectivity index (χ1v) is 3.58. The molecule has 1 N–H and O–H groups in total. The van der Waals surface area contributed by atoms with Gasteiger partial charge in [-0.25, -0.2) is 9.67 Å². The third-order valence-corrected chi connectivity index (χ3v) is 1.40. The van der Waals surface area contributed by atoms with Gasteiger partial charge in [0, 0.05) is 6.04 Å². The molecule has 4 nitrogen and oxygen atoms in total. The van der Waals surface area contributed by atoms with E-state index in [-0.39, 0.29) is 6.04 Å². The molecule has 1 aromatic rings. The van der Waals surface area contributed by atoms with Crippen molar-refractivity contribution in [3.8, 4) is 0 Å². The molecule has 0 atom stereocenters. The van der Waals surface area contributed by atoms with Gasteiger partial charge in [-0.2, -0.15) is 5.10 Å². The van der Waals surface area contributed by atoms with E-state index in [1.807, 2.05) is 13.8 Å². The normalized spacial score (nSPS) is 10.5. The Bertz CT molecular complexity index is 261. The topological polar surface area (TPSA) is 54.6 Å². The Morgan fingerprint density at radius 2 is 2.27 bits per heavy atom. The van der Waals surface area contributed by atoms with Crippen molar-refractivity contribution in [2.24, 2.45) is 0 Å². The van der Waals surface area contributed by atoms with E-state index in [0.29, 0.717) is 11.5 Å². The molecule has 11 heavy (non-hydrogen) atoms. The van der Waals surface area contributed by atoms with Crippen molar-refractivity contribution in [1.82, 2.24) is 14.8 Å². The van der Waals surface area contributed by atoms with Crippen LogP contribution in [0.25, 0.3) is 0 Å². The molecule has 0 aliphatic rings. The Balaban J connectivity index is 3.06. The van der Waals surface area contributed by atoms with Gasteiger partial charge in [-0.3, -0.25) is 0 Å². The molecule has 1 rings (SSSR count). The number of rotatable bonds is 2. The average Bonchev–Trinajstić information content (AvgIpc) is 2.32. The maximum Gasteiger partial charge on any atom is 0.171 e. The van der Waals surface area contributed by atoms with Gasteiger partial charge in [0.2, 0.25) is 0 Å². The summed E-state index contributed by atoms with van der Waals surface area (Å²) in [5.74, 6) is 0.653. The molecule has 0 aromatic carbocycles. The van der Waals surface area contributed by atoms with Crippen LogP contribution in [0.4, 0.5) is 0 Å². The molecule has 0 spiro atoms. The molecule has 0 aliphatic heterocycles. The first-order chi connectivity index (χ1) is 5.13. The third kappa shape index (κ3) is 1.45. The Hall–Kier alpha value is -1.19. The summed E-state index contributed by atoms with van der Waals surface area (Å²) in [6.45, 7) is 5.74. The lowest BCUT2D eigenvalue weighted by Crippen LogP contribution is -2.11. The summed E-state index contributed by atoms with van der Waals surface area (Å²) in [6.07, 6.45) is 1.48. The lowest BCUT2D eigenvalue weighted by atomic mass is 10.3. The first-order valence-electron chi connectivity index (χ1n) is 3.58. The minimum Gasteiger partial charge on any atom is -0.302 e. The fourth-order valence-corrected chi connectivity index (χ4v) is 0.897. The second kappa shape index (κ2) is 2.82. The quantitative estimate of drug-likeness (QED) is 0.648. The van der Waals surface area contributed by atoms with Crippen molar-refractivity contribution in [3.05, 3.63) is 12.2 Å². The van der Waals surface area contributed by atoms with E-state index in [4.69, 9.17) is 5.41 Å². The Morgan fingerprint density at radius 3 is 2.64 bits per heavy atom. The smallest absolute Gasteiger partial charge is 0.171 e. The molecule has 1 heterocycles. The highest BCUT2D eigenvalue weighted by atomic mass is 15.3. The van der Waals surface area contributed by atoms with Gasteiger partial charge in [-0.15, -0.1) is 0 Å². The van der Waals surface area contributed by atoms with E-state index in [1.165, 1.54) is 6.33 Å². The maximum absolute atomic E-state index is 7.36. The molecule has 0 saturated carbocycles. The van der Waals surface area contributed by atoms with Crippen LogP contribution in [0.1, 0.15) is 32.6 Å². The van der Waals surface area contributed by atoms with E-state index >= 15 is 0 Å². The molecule has 0 fully saturated rings. The molecule has 0 amide bonds. The van der Waals surface area contributed by atoms with Gasteiger partial charge < -0.3 is 5.41 Å². The molecule has 0 saturated heterocycles. The molecule has 0 unspecified atom stereocenters. The van der Waals surface area contributed by atoms with Crippen LogP contribution in [0.5, 0.6) is 0 Å². The highest BCUT2D eigenvalue weighted by Gasteiger charge is 2.07. The zero-order valence-electron chi connectivity index (χ0n) is 7.00. The number of hydrogen-bond donors (Lipinski definition) is 1. The highest BCUT2D eigenvalue weighted by molar-refractivity contribution is 5.92. The van der Waals surface area contributed by atoms with E-state index in [9.17, 15) is 0 Å². The lowest BCUT2D eigenvalue weighted by molar-refractivity contribution is 0.526. The minimum atomic E-state index is 0.271. The van der Waals surface area contributed by atoms with Crippen LogP contribution in [0.15, 0.2) is 6.33 Å². The number of nitrogens with zero attached hydrogens (tertiary/aromatic N) is 3. The zero-order chi connectivity index (χ0) is 8.43. The van der Waals surface area contributed by atoms with Gasteiger partial charge in [-0.05, 0) is 20.8 Å². The second-order valence-corrected chi connectivity index (χ2v) is 2.75. The van der Waals surface area contributed by atoms with E-state index in [0.717, 1.165) is 0 Å². The standard InChI is InChI=1S/C7H12N4/c1-5(2)11-7(6(3)8)9-4-10-11/h4-5,8H,1-3H3. The number of nitrogens with one attached hydrogen (secondary N) is 1. The van der Waals surface area contributed by atoms with Crippen LogP contribution in [0.3, 0.4) is 0 Å². The molecular weight excluding hydrogens is 140 g/mol. The summed E-state index contributed by atoms with van der Waals surface area (Å²) in [5, 5.41) is 11.4. The number of aromatic nitrogens is 3. The summed E-state index contributed by atoms with van der Waals surface area (Å²) in [6, 6.07) is 0.271. The fourth-order valence-electron chi connectivity index (χ4n) is 0.897. The van der Waals surface area contributed by atoms with Crippen molar-refractivity contribution < 1.29 is 0 Å². The van der Waals surface area contributed by atoms with Crippen LogP contribution in [0, 0.1) is 5.41 Å². The van der Waals surface area contributed by atoms with Crippen molar-refractivity contribution in [2.45, 2.75) is 26.8 Å². The summed E-state index contributed by atoms with van der Waals surface area (Å²) >= 11 is 0. The van der Waals surface area contributed by atoms with Gasteiger partial charge in [0.15, 0.2) is 5.82 Å². The second-order valence-electron chi connectivity index (χ2n) is 2.75. The Labute approximate surface area is 65.8 Å². The Kier molecular flexibility index (Phi) is 2.03. The summed E-state index contributed by atoms with van der Waals surface area (Å²) in [7, 11) is 0. The molecule has 0 aliphatic carbocycles. The lowest BCUT2D eigenvalue weighted by Gasteiger charge is -2.07. The molecule has 0 radical (unpaired) electrons. The van der Waals surface area contributed by atoms with Crippen LogP contribution >= 0.6 is 0 Å². The Morgan fingerprint density at radius 1 is 1.64 bits per heavy atom. The summed E-state index contributed by atoms with van der Waals surface area (Å²) in [5.41, 5.74) is 0.455. The maximum atomic E-state index is 7.36. The predicted molar refractivity (Wildman–Crippen MR) is 42.9 cm³/mol. The third-order valence-electron chi connectivity index (χ3n) is 1.40. The van der Waals surface area contributed by atoms with Crippen molar-refractivity contribution in [2.75, 3.05) is 0 Å². The van der Waals surface area contributed by atoms with Gasteiger partial charge >= 0.3 is 0 Å². The molecular formula is C7H12N4. The average molecular weight is 152 g/mol. The monoisotopic (exact) mass is 152 g/mol. The van der Waals surface area contributed by atoms with Gasteiger partial charge in [0.05, 0.1) is 5.71 Å². The van der Waals surface area contributed by atoms with Gasteiger partial charge in [0.25, 0.3) is 0 Å². The molecule has 4 heteroatoms. The van der Waals surface area contributed by atoms with Crippen LogP contribution < -0.4 is 0 Å². The minimum absolute atomic E-state index is 0.271. The van der Waals surface area contributed by atoms with Gasteiger partial charge in [0.1, 0.15) is 6.33 Å². The zero-order valence-corrected chi connectivity index (χ0v) is 7.00. The van der Waals surface area contributed by atoms with Crippen LogP contribution in [0.2, 0.25) is 0 Å². The van der Waals surface area contributed by atoms with Crippen LogP contribution in [-0.2, 0) is 0 Å². The highest BCUT2D eigenvalue weighted by Crippen LogP contribution is 2.04. The molecule has 1 aromatic heterocycles. The molecule has 60 valence electrons. The van der Waals surface area contributed by atoms with E-state index in [2.05, 4.69) is 10.1 Å². The van der Waals surface area contributed by atoms with Crippen molar-refractivity contribution >= 4 is 5.71 Å². The molecule has 0 bridgehead atoms. The van der Waals surface area contributed by atoms with Crippen molar-refractivity contribution in [1.29, 1.82) is 5.41 Å².